The molecule has 3 aromatic rings. The highest BCUT2D eigenvalue weighted by Gasteiger charge is 2.36. The van der Waals surface area contributed by atoms with Gasteiger partial charge in [0.1, 0.15) is 17.1 Å². The molecule has 0 saturated heterocycles. The molecule has 0 saturated carbocycles. The predicted octanol–water partition coefficient (Wildman–Crippen LogP) is 3.68. The van der Waals surface area contributed by atoms with Crippen LogP contribution in [0.2, 0.25) is 0 Å². The first-order chi connectivity index (χ1) is 15.9. The number of ether oxygens (including phenoxy) is 4. The van der Waals surface area contributed by atoms with Crippen molar-refractivity contribution in [3.63, 3.8) is 0 Å². The van der Waals surface area contributed by atoms with Crippen molar-refractivity contribution in [2.45, 2.75) is 12.3 Å². The van der Waals surface area contributed by atoms with Gasteiger partial charge in [0.15, 0.2) is 11.5 Å². The number of benzene rings is 2. The Bertz CT molecular complexity index is 1210. The molecule has 172 valence electrons. The number of nitrogens with one attached hydrogen (secondary N) is 1. The molecule has 0 fully saturated rings. The minimum Gasteiger partial charge on any atom is -0.497 e. The maximum Gasteiger partial charge on any atom is 0.339 e. The second-order valence-corrected chi connectivity index (χ2v) is 7.43. The fraction of sp³-hybridized carbons (Fsp3) is 0.250. The van der Waals surface area contributed by atoms with Crippen molar-refractivity contribution < 1.29 is 33.6 Å². The number of carbonyl (C=O) groups is 2. The van der Waals surface area contributed by atoms with Crippen LogP contribution in [0.4, 0.5) is 5.69 Å². The van der Waals surface area contributed by atoms with Gasteiger partial charge in [-0.1, -0.05) is 0 Å². The van der Waals surface area contributed by atoms with Crippen molar-refractivity contribution in [2.75, 3.05) is 33.8 Å². The van der Waals surface area contributed by atoms with Crippen LogP contribution in [0.25, 0.3) is 5.69 Å². The Kier molecular flexibility index (Phi) is 5.87. The second-order valence-electron chi connectivity index (χ2n) is 7.43. The number of aromatic nitrogens is 1. The summed E-state index contributed by atoms with van der Waals surface area (Å²) in [6.07, 6.45) is 1.61. The number of anilines is 1. The van der Waals surface area contributed by atoms with Crippen LogP contribution in [-0.2, 0) is 4.79 Å². The lowest BCUT2D eigenvalue weighted by molar-refractivity contribution is -0.116. The monoisotopic (exact) mass is 452 g/mol. The van der Waals surface area contributed by atoms with Crippen LogP contribution in [-0.4, -0.2) is 50.0 Å². The van der Waals surface area contributed by atoms with E-state index in [2.05, 4.69) is 5.32 Å². The van der Waals surface area contributed by atoms with E-state index in [0.717, 1.165) is 5.69 Å². The van der Waals surface area contributed by atoms with Gasteiger partial charge in [-0.2, -0.15) is 0 Å². The van der Waals surface area contributed by atoms with E-state index in [-0.39, 0.29) is 23.6 Å². The topological polar surface area (TPSA) is 108 Å². The third-order valence-corrected chi connectivity index (χ3v) is 5.72. The van der Waals surface area contributed by atoms with Crippen LogP contribution in [0.5, 0.6) is 23.0 Å². The third kappa shape index (κ3) is 3.82. The van der Waals surface area contributed by atoms with Crippen LogP contribution >= 0.6 is 0 Å². The number of nitrogens with zero attached hydrogens (tertiary/aromatic N) is 1. The van der Waals surface area contributed by atoms with E-state index in [0.29, 0.717) is 34.3 Å². The summed E-state index contributed by atoms with van der Waals surface area (Å²) in [5.74, 6) is 0.191. The Morgan fingerprint density at radius 3 is 2.18 bits per heavy atom. The smallest absolute Gasteiger partial charge is 0.339 e. The number of methoxy groups -OCH3 is 4. The van der Waals surface area contributed by atoms with E-state index in [1.54, 1.807) is 35.9 Å². The molecule has 1 aliphatic rings. The SMILES string of the molecule is COc1ccc(-n2cc(C(=O)O)c3c2[C@H](c2cc(OC)c(OC)cc2OC)CC(=O)N3)cc1. The van der Waals surface area contributed by atoms with Gasteiger partial charge in [0.2, 0.25) is 5.91 Å². The quantitative estimate of drug-likeness (QED) is 0.563. The van der Waals surface area contributed by atoms with Crippen LogP contribution in [0.1, 0.15) is 34.0 Å². The molecule has 0 unspecified atom stereocenters. The molecule has 33 heavy (non-hydrogen) atoms. The number of hydrogen-bond donors (Lipinski definition) is 2. The van der Waals surface area contributed by atoms with E-state index >= 15 is 0 Å². The van der Waals surface area contributed by atoms with E-state index < -0.39 is 11.9 Å². The summed E-state index contributed by atoms with van der Waals surface area (Å²) in [6.45, 7) is 0. The van der Waals surface area contributed by atoms with Crippen molar-refractivity contribution in [2.24, 2.45) is 0 Å². The van der Waals surface area contributed by atoms with E-state index in [9.17, 15) is 14.7 Å². The second kappa shape index (κ2) is 8.78. The highest BCUT2D eigenvalue weighted by molar-refractivity contribution is 6.04. The number of amides is 1. The molecule has 1 aromatic heterocycles. The van der Waals surface area contributed by atoms with Gasteiger partial charge in [-0.25, -0.2) is 4.79 Å². The van der Waals surface area contributed by atoms with Gasteiger partial charge in [-0.15, -0.1) is 0 Å². The van der Waals surface area contributed by atoms with Crippen LogP contribution < -0.4 is 24.3 Å². The van der Waals surface area contributed by atoms with E-state index in [1.165, 1.54) is 27.5 Å². The lowest BCUT2D eigenvalue weighted by atomic mass is 9.87. The van der Waals surface area contributed by atoms with Crippen molar-refractivity contribution in [3.8, 4) is 28.7 Å². The van der Waals surface area contributed by atoms with Gasteiger partial charge in [-0.05, 0) is 30.3 Å². The van der Waals surface area contributed by atoms with Crippen molar-refractivity contribution in [3.05, 3.63) is 59.4 Å². The Morgan fingerprint density at radius 2 is 1.61 bits per heavy atom. The minimum absolute atomic E-state index is 0.00156. The van der Waals surface area contributed by atoms with Gasteiger partial charge in [0.25, 0.3) is 0 Å². The van der Waals surface area contributed by atoms with Crippen LogP contribution in [0.3, 0.4) is 0 Å². The molecule has 0 aliphatic carbocycles. The first kappa shape index (κ1) is 22.1. The molecular formula is C24H24N2O7. The van der Waals surface area contributed by atoms with E-state index in [1.807, 2.05) is 12.1 Å². The lowest BCUT2D eigenvalue weighted by Crippen LogP contribution is -2.26. The Balaban J connectivity index is 1.98. The summed E-state index contributed by atoms with van der Waals surface area (Å²) in [5.41, 5.74) is 2.29. The average Bonchev–Trinajstić information content (AvgIpc) is 3.22. The van der Waals surface area contributed by atoms with Gasteiger partial charge in [-0.3, -0.25) is 4.79 Å². The fourth-order valence-electron chi connectivity index (χ4n) is 4.17. The lowest BCUT2D eigenvalue weighted by Gasteiger charge is -2.28. The number of hydrogen-bond acceptors (Lipinski definition) is 6. The normalized spacial score (nSPS) is 14.8. The zero-order valence-electron chi connectivity index (χ0n) is 18.7. The summed E-state index contributed by atoms with van der Waals surface area (Å²) in [4.78, 5) is 24.7. The molecule has 2 heterocycles. The third-order valence-electron chi connectivity index (χ3n) is 5.72. The number of aromatic carboxylic acids is 1. The standard InChI is InChI=1S/C24H24N2O7/c1-30-14-7-5-13(6-8-14)26-12-17(24(28)29)22-23(26)16(10-21(27)25-22)15-9-19(32-3)20(33-4)11-18(15)31-2/h5-9,11-12,16H,10H2,1-4H3,(H,25,27)(H,28,29)/t16-/m0/s1. The molecule has 2 aromatic carbocycles. The highest BCUT2D eigenvalue weighted by Crippen LogP contribution is 2.47. The number of carbonyl (C=O) groups excluding carboxylic acids is 1. The molecular weight excluding hydrogens is 428 g/mol. The number of carboxylic acids is 1. The number of rotatable bonds is 7. The molecule has 0 spiro atoms. The molecule has 0 bridgehead atoms. The van der Waals surface area contributed by atoms with Crippen molar-refractivity contribution in [1.82, 2.24) is 4.57 Å². The molecule has 0 radical (unpaired) electrons. The maximum atomic E-state index is 12.7. The highest BCUT2D eigenvalue weighted by atomic mass is 16.5. The molecule has 1 aliphatic heterocycles. The molecule has 1 atom stereocenters. The number of carboxylic acid groups (broad SMARTS) is 1. The molecule has 1 amide bonds. The largest absolute Gasteiger partial charge is 0.497 e. The zero-order chi connectivity index (χ0) is 23.7. The summed E-state index contributed by atoms with van der Waals surface area (Å²) >= 11 is 0. The Morgan fingerprint density at radius 1 is 0.970 bits per heavy atom. The molecule has 4 rings (SSSR count). The molecule has 9 heteroatoms. The van der Waals surface area contributed by atoms with E-state index in [4.69, 9.17) is 18.9 Å². The molecule has 2 N–H and O–H groups in total. The predicted molar refractivity (Wildman–Crippen MR) is 120 cm³/mol. The van der Waals surface area contributed by atoms with Crippen molar-refractivity contribution in [1.29, 1.82) is 0 Å². The zero-order valence-corrected chi connectivity index (χ0v) is 18.7. The summed E-state index contributed by atoms with van der Waals surface area (Å²) in [7, 11) is 6.15. The fourth-order valence-corrected chi connectivity index (χ4v) is 4.17. The minimum atomic E-state index is -1.14. The maximum absolute atomic E-state index is 12.7. The first-order valence-electron chi connectivity index (χ1n) is 10.1. The molecule has 9 nitrogen and oxygen atoms in total. The van der Waals surface area contributed by atoms with Gasteiger partial charge >= 0.3 is 5.97 Å². The first-order valence-corrected chi connectivity index (χ1v) is 10.1. The Labute approximate surface area is 190 Å². The Hall–Kier alpha value is -4.14. The average molecular weight is 452 g/mol. The van der Waals surface area contributed by atoms with Gasteiger partial charge in [0.05, 0.1) is 39.8 Å². The van der Waals surface area contributed by atoms with Gasteiger partial charge < -0.3 is 33.9 Å². The summed E-state index contributed by atoms with van der Waals surface area (Å²) in [6, 6.07) is 10.7. The van der Waals surface area contributed by atoms with Crippen LogP contribution in [0, 0.1) is 0 Å². The summed E-state index contributed by atoms with van der Waals surface area (Å²) < 4.78 is 23.5. The summed E-state index contributed by atoms with van der Waals surface area (Å²) in [5, 5.41) is 12.6. The van der Waals surface area contributed by atoms with Crippen molar-refractivity contribution >= 4 is 17.6 Å². The van der Waals surface area contributed by atoms with Gasteiger partial charge in [0, 0.05) is 35.9 Å². The number of fused-ring (bicyclic) bond motifs is 1. The van der Waals surface area contributed by atoms with Crippen LogP contribution in [0.15, 0.2) is 42.6 Å².